The van der Waals surface area contributed by atoms with Gasteiger partial charge in [0, 0.05) is 10.6 Å². The second-order valence-corrected chi connectivity index (χ2v) is 10.5. The lowest BCUT2D eigenvalue weighted by Gasteiger charge is -2.25. The Morgan fingerprint density at radius 1 is 1.02 bits per heavy atom. The van der Waals surface area contributed by atoms with Crippen LogP contribution in [-0.4, -0.2) is 44.6 Å². The van der Waals surface area contributed by atoms with E-state index in [0.717, 1.165) is 23.4 Å². The molecule has 1 aliphatic rings. The summed E-state index contributed by atoms with van der Waals surface area (Å²) >= 11 is 1.56. The topological polar surface area (TPSA) is 115 Å². The van der Waals surface area contributed by atoms with Crippen molar-refractivity contribution in [2.45, 2.75) is 51.2 Å². The molecule has 0 saturated heterocycles. The highest BCUT2D eigenvalue weighted by Gasteiger charge is 2.25. The zero-order valence-electron chi connectivity index (χ0n) is 23.2. The fraction of sp³-hybridized carbons (Fsp3) is 0.367. The van der Waals surface area contributed by atoms with E-state index < -0.39 is 30.2 Å². The van der Waals surface area contributed by atoms with E-state index in [-0.39, 0.29) is 19.8 Å². The van der Waals surface area contributed by atoms with Crippen LogP contribution in [-0.2, 0) is 20.8 Å². The molecule has 0 unspecified atom stereocenters. The van der Waals surface area contributed by atoms with Gasteiger partial charge in [-0.2, -0.15) is 0 Å². The first-order chi connectivity index (χ1) is 20.0. The van der Waals surface area contributed by atoms with Crippen LogP contribution in [0.2, 0.25) is 0 Å². The average Bonchev–Trinajstić information content (AvgIpc) is 3.69. The Balaban J connectivity index is 1.41. The summed E-state index contributed by atoms with van der Waals surface area (Å²) < 4.78 is 21.4. The van der Waals surface area contributed by atoms with Crippen LogP contribution in [0.5, 0.6) is 11.5 Å². The Hall–Kier alpha value is -4.25. The van der Waals surface area contributed by atoms with Crippen LogP contribution >= 0.6 is 11.3 Å². The van der Waals surface area contributed by atoms with Crippen molar-refractivity contribution in [2.24, 2.45) is 0 Å². The molecule has 2 heterocycles. The highest BCUT2D eigenvalue weighted by molar-refractivity contribution is 7.09. The Morgan fingerprint density at radius 2 is 1.83 bits per heavy atom. The van der Waals surface area contributed by atoms with Crippen molar-refractivity contribution in [3.05, 3.63) is 76.5 Å². The van der Waals surface area contributed by atoms with Gasteiger partial charge in [-0.3, -0.25) is 9.69 Å². The lowest BCUT2D eigenvalue weighted by molar-refractivity contribution is -0.141. The van der Waals surface area contributed by atoms with Crippen LogP contribution < -0.4 is 25.0 Å². The molecule has 11 heteroatoms. The average molecular weight is 582 g/mol. The SMILES string of the molecule is CCCC[C@@H](COC(=O)N(Cc1cccs1)c1ccccc1)NC(=O)N[C@@H](CC(=O)OC)c1ccc2c(c1)OCO2. The van der Waals surface area contributed by atoms with Crippen LogP contribution in [0.4, 0.5) is 15.3 Å². The third-order valence-electron chi connectivity index (χ3n) is 6.53. The number of unbranched alkanes of at least 4 members (excludes halogenated alkanes) is 1. The number of thiophene rings is 1. The maximum absolute atomic E-state index is 13.3. The number of esters is 1. The lowest BCUT2D eigenvalue weighted by atomic mass is 10.0. The fourth-order valence-electron chi connectivity index (χ4n) is 4.34. The molecule has 0 bridgehead atoms. The molecule has 3 aromatic rings. The summed E-state index contributed by atoms with van der Waals surface area (Å²) in [6.45, 7) is 2.53. The van der Waals surface area contributed by atoms with Crippen molar-refractivity contribution in [2.75, 3.05) is 25.4 Å². The number of nitrogens with one attached hydrogen (secondary N) is 2. The molecule has 2 aromatic carbocycles. The molecule has 41 heavy (non-hydrogen) atoms. The first-order valence-corrected chi connectivity index (χ1v) is 14.4. The summed E-state index contributed by atoms with van der Waals surface area (Å²) in [7, 11) is 1.30. The van der Waals surface area contributed by atoms with Crippen molar-refractivity contribution in [1.29, 1.82) is 0 Å². The van der Waals surface area contributed by atoms with E-state index >= 15 is 0 Å². The van der Waals surface area contributed by atoms with E-state index in [1.807, 2.05) is 54.8 Å². The molecule has 0 saturated carbocycles. The number of hydrogen-bond acceptors (Lipinski definition) is 8. The number of carbonyl (C=O) groups is 3. The third-order valence-corrected chi connectivity index (χ3v) is 7.40. The molecule has 2 N–H and O–H groups in total. The summed E-state index contributed by atoms with van der Waals surface area (Å²) in [5.41, 5.74) is 1.38. The van der Waals surface area contributed by atoms with Gasteiger partial charge < -0.3 is 29.6 Å². The molecule has 0 radical (unpaired) electrons. The van der Waals surface area contributed by atoms with Crippen molar-refractivity contribution >= 4 is 35.1 Å². The number of rotatable bonds is 13. The standard InChI is InChI=1S/C30H35N3O7S/c1-3-4-9-22(19-38-30(36)33(18-24-12-8-15-41-24)23-10-6-5-7-11-23)31-29(35)32-25(17-28(34)37-2)21-13-14-26-27(16-21)40-20-39-26/h5-8,10-16,22,25H,3-4,9,17-20H2,1-2H3,(H2,31,32,35)/t22-,25-/m0/s1. The number of nitrogens with zero attached hydrogens (tertiary/aromatic N) is 1. The second kappa shape index (κ2) is 14.9. The number of amides is 3. The second-order valence-electron chi connectivity index (χ2n) is 9.48. The van der Waals surface area contributed by atoms with Gasteiger partial charge in [-0.1, -0.05) is 50.1 Å². The zero-order valence-corrected chi connectivity index (χ0v) is 24.0. The molecule has 1 aromatic heterocycles. The lowest BCUT2D eigenvalue weighted by Crippen LogP contribution is -2.46. The predicted octanol–water partition coefficient (Wildman–Crippen LogP) is 5.78. The minimum absolute atomic E-state index is 0.00821. The van der Waals surface area contributed by atoms with E-state index in [1.54, 1.807) is 34.4 Å². The summed E-state index contributed by atoms with van der Waals surface area (Å²) in [4.78, 5) is 41.1. The van der Waals surface area contributed by atoms with Crippen LogP contribution in [0.15, 0.2) is 66.0 Å². The van der Waals surface area contributed by atoms with Crippen molar-refractivity contribution in [3.8, 4) is 11.5 Å². The van der Waals surface area contributed by atoms with Gasteiger partial charge in [0.15, 0.2) is 11.5 Å². The molecule has 3 amide bonds. The molecule has 218 valence electrons. The third kappa shape index (κ3) is 8.62. The predicted molar refractivity (Wildman–Crippen MR) is 155 cm³/mol. The van der Waals surface area contributed by atoms with Crippen molar-refractivity contribution < 1.29 is 33.3 Å². The number of carbonyl (C=O) groups excluding carboxylic acids is 3. The van der Waals surface area contributed by atoms with E-state index in [0.29, 0.717) is 30.0 Å². The van der Waals surface area contributed by atoms with Gasteiger partial charge in [0.25, 0.3) is 0 Å². The zero-order chi connectivity index (χ0) is 29.0. The van der Waals surface area contributed by atoms with Gasteiger partial charge in [0.05, 0.1) is 32.2 Å². The van der Waals surface area contributed by atoms with Gasteiger partial charge >= 0.3 is 18.1 Å². The molecule has 0 spiro atoms. The van der Waals surface area contributed by atoms with Gasteiger partial charge in [-0.15, -0.1) is 11.3 Å². The van der Waals surface area contributed by atoms with E-state index in [9.17, 15) is 14.4 Å². The van der Waals surface area contributed by atoms with E-state index in [4.69, 9.17) is 18.9 Å². The minimum atomic E-state index is -0.675. The summed E-state index contributed by atoms with van der Waals surface area (Å²) in [5.74, 6) is 0.661. The van der Waals surface area contributed by atoms with Crippen LogP contribution in [0, 0.1) is 0 Å². The monoisotopic (exact) mass is 581 g/mol. The van der Waals surface area contributed by atoms with Crippen LogP contribution in [0.3, 0.4) is 0 Å². The van der Waals surface area contributed by atoms with Gasteiger partial charge in [-0.25, -0.2) is 9.59 Å². The van der Waals surface area contributed by atoms with Gasteiger partial charge in [-0.05, 0) is 47.7 Å². The van der Waals surface area contributed by atoms with Crippen molar-refractivity contribution in [3.63, 3.8) is 0 Å². The highest BCUT2D eigenvalue weighted by atomic mass is 32.1. The van der Waals surface area contributed by atoms with Crippen molar-refractivity contribution in [1.82, 2.24) is 10.6 Å². The van der Waals surface area contributed by atoms with E-state index in [2.05, 4.69) is 10.6 Å². The molecule has 1 aliphatic heterocycles. The number of methoxy groups -OCH3 is 1. The molecule has 2 atom stereocenters. The first kappa shape index (κ1) is 29.7. The first-order valence-electron chi connectivity index (χ1n) is 13.5. The maximum atomic E-state index is 13.3. The smallest absolute Gasteiger partial charge is 0.414 e. The van der Waals surface area contributed by atoms with Gasteiger partial charge in [0.2, 0.25) is 6.79 Å². The normalized spacial score (nSPS) is 13.1. The number of hydrogen-bond donors (Lipinski definition) is 2. The largest absolute Gasteiger partial charge is 0.469 e. The Bertz CT molecular complexity index is 1290. The van der Waals surface area contributed by atoms with Gasteiger partial charge in [0.1, 0.15) is 6.61 Å². The number of para-hydroxylation sites is 1. The van der Waals surface area contributed by atoms with Crippen LogP contribution in [0.25, 0.3) is 0 Å². The summed E-state index contributed by atoms with van der Waals surface area (Å²) in [6, 6.07) is 16.9. The molecule has 0 fully saturated rings. The fourth-order valence-corrected chi connectivity index (χ4v) is 5.04. The Morgan fingerprint density at radius 3 is 2.56 bits per heavy atom. The quantitative estimate of drug-likeness (QED) is 0.246. The summed E-state index contributed by atoms with van der Waals surface area (Å²) in [5, 5.41) is 7.75. The number of anilines is 1. The molecule has 0 aliphatic carbocycles. The molecule has 10 nitrogen and oxygen atoms in total. The summed E-state index contributed by atoms with van der Waals surface area (Å²) in [6.07, 6.45) is 1.77. The number of fused-ring (bicyclic) bond motifs is 1. The maximum Gasteiger partial charge on any atom is 0.414 e. The van der Waals surface area contributed by atoms with E-state index in [1.165, 1.54) is 7.11 Å². The minimum Gasteiger partial charge on any atom is -0.469 e. The Labute approximate surface area is 243 Å². The Kier molecular flexibility index (Phi) is 10.8. The van der Waals surface area contributed by atoms with Crippen LogP contribution in [0.1, 0.15) is 49.1 Å². The molecule has 4 rings (SSSR count). The molecular weight excluding hydrogens is 546 g/mol. The molecular formula is C30H35N3O7S. The number of benzene rings is 2. The highest BCUT2D eigenvalue weighted by Crippen LogP contribution is 2.35. The number of urea groups is 1. The number of ether oxygens (including phenoxy) is 4.